The zero-order valence-electron chi connectivity index (χ0n) is 11.2. The summed E-state index contributed by atoms with van der Waals surface area (Å²) in [6, 6.07) is 3.72. The molecule has 0 amide bonds. The molecule has 20 heavy (non-hydrogen) atoms. The number of carbonyl (C=O) groups is 1. The molecule has 0 bridgehead atoms. The van der Waals surface area contributed by atoms with Crippen molar-refractivity contribution in [3.63, 3.8) is 0 Å². The summed E-state index contributed by atoms with van der Waals surface area (Å²) in [5.74, 6) is -1.27. The number of hydrogen-bond donors (Lipinski definition) is 2. The highest BCUT2D eigenvalue weighted by atomic mass is 32.2. The van der Waals surface area contributed by atoms with Gasteiger partial charge in [0.2, 0.25) is 10.0 Å². The van der Waals surface area contributed by atoms with Crippen LogP contribution in [0.4, 0.5) is 5.69 Å². The van der Waals surface area contributed by atoms with Crippen LogP contribution in [-0.2, 0) is 10.0 Å². The van der Waals surface area contributed by atoms with Crippen molar-refractivity contribution in [1.29, 1.82) is 0 Å². The average molecular weight is 298 g/mol. The van der Waals surface area contributed by atoms with Crippen LogP contribution in [-0.4, -0.2) is 36.4 Å². The van der Waals surface area contributed by atoms with Gasteiger partial charge in [0, 0.05) is 18.3 Å². The van der Waals surface area contributed by atoms with Gasteiger partial charge >= 0.3 is 5.97 Å². The average Bonchev–Trinajstić information content (AvgIpc) is 2.38. The molecular weight excluding hydrogens is 280 g/mol. The third kappa shape index (κ3) is 2.64. The Labute approximate surface area is 118 Å². The Kier molecular flexibility index (Phi) is 4.01. The third-order valence-electron chi connectivity index (χ3n) is 3.56. The lowest BCUT2D eigenvalue weighted by molar-refractivity contribution is 0.0692. The highest BCUT2D eigenvalue weighted by Crippen LogP contribution is 2.28. The molecule has 110 valence electrons. The molecule has 1 aromatic rings. The molecule has 0 radical (unpaired) electrons. The molecule has 1 aromatic carbocycles. The van der Waals surface area contributed by atoms with Crippen molar-refractivity contribution < 1.29 is 18.3 Å². The van der Waals surface area contributed by atoms with Crippen LogP contribution in [0.3, 0.4) is 0 Å². The van der Waals surface area contributed by atoms with Crippen LogP contribution in [0, 0.1) is 0 Å². The van der Waals surface area contributed by atoms with Crippen molar-refractivity contribution >= 4 is 21.7 Å². The Morgan fingerprint density at radius 1 is 1.40 bits per heavy atom. The summed E-state index contributed by atoms with van der Waals surface area (Å²) >= 11 is 0. The summed E-state index contributed by atoms with van der Waals surface area (Å²) in [5, 5.41) is 9.16. The molecule has 1 aliphatic rings. The zero-order chi connectivity index (χ0) is 14.9. The van der Waals surface area contributed by atoms with E-state index in [1.165, 1.54) is 22.5 Å². The van der Waals surface area contributed by atoms with Gasteiger partial charge in [0.15, 0.2) is 0 Å². The number of hydrogen-bond acceptors (Lipinski definition) is 4. The Morgan fingerprint density at radius 3 is 2.70 bits per heavy atom. The number of anilines is 1. The molecular formula is C13H18N2O4S. The Bertz CT molecular complexity index is 627. The maximum atomic E-state index is 12.7. The Balaban J connectivity index is 2.53. The van der Waals surface area contributed by atoms with E-state index in [2.05, 4.69) is 0 Å². The van der Waals surface area contributed by atoms with Gasteiger partial charge in [-0.15, -0.1) is 0 Å². The molecule has 2 rings (SSSR count). The van der Waals surface area contributed by atoms with Gasteiger partial charge in [-0.05, 0) is 38.0 Å². The van der Waals surface area contributed by atoms with E-state index in [4.69, 9.17) is 10.8 Å². The number of rotatable bonds is 3. The molecule has 3 N–H and O–H groups in total. The van der Waals surface area contributed by atoms with Crippen LogP contribution in [0.5, 0.6) is 0 Å². The number of carboxylic acid groups (broad SMARTS) is 1. The SMILES string of the molecule is CC1CCCCN1S(=O)(=O)c1cc(N)ccc1C(=O)O. The van der Waals surface area contributed by atoms with Crippen molar-refractivity contribution in [3.05, 3.63) is 23.8 Å². The van der Waals surface area contributed by atoms with E-state index in [1.54, 1.807) is 0 Å². The number of nitrogens with two attached hydrogens (primary N) is 1. The number of carboxylic acids is 1. The minimum atomic E-state index is -3.84. The van der Waals surface area contributed by atoms with Crippen molar-refractivity contribution in [1.82, 2.24) is 4.31 Å². The molecule has 0 spiro atoms. The minimum Gasteiger partial charge on any atom is -0.478 e. The molecule has 1 aliphatic heterocycles. The van der Waals surface area contributed by atoms with E-state index < -0.39 is 16.0 Å². The number of sulfonamides is 1. The Morgan fingerprint density at radius 2 is 2.10 bits per heavy atom. The predicted octanol–water partition coefficient (Wildman–Crippen LogP) is 1.53. The number of benzene rings is 1. The molecule has 1 fully saturated rings. The third-order valence-corrected chi connectivity index (χ3v) is 5.62. The van der Waals surface area contributed by atoms with E-state index in [1.807, 2.05) is 6.92 Å². The van der Waals surface area contributed by atoms with Crippen molar-refractivity contribution in [2.75, 3.05) is 12.3 Å². The lowest BCUT2D eigenvalue weighted by Crippen LogP contribution is -2.42. The monoisotopic (exact) mass is 298 g/mol. The summed E-state index contributed by atoms with van der Waals surface area (Å²) in [7, 11) is -3.84. The maximum Gasteiger partial charge on any atom is 0.337 e. The molecule has 1 saturated heterocycles. The first-order valence-corrected chi connectivity index (χ1v) is 7.92. The quantitative estimate of drug-likeness (QED) is 0.824. The van der Waals surface area contributed by atoms with Crippen LogP contribution >= 0.6 is 0 Å². The normalized spacial score (nSPS) is 20.8. The lowest BCUT2D eigenvalue weighted by atomic mass is 10.1. The van der Waals surface area contributed by atoms with Gasteiger partial charge < -0.3 is 10.8 Å². The van der Waals surface area contributed by atoms with Crippen LogP contribution in [0.2, 0.25) is 0 Å². The first-order valence-electron chi connectivity index (χ1n) is 6.48. The van der Waals surface area contributed by atoms with E-state index in [0.29, 0.717) is 6.54 Å². The van der Waals surface area contributed by atoms with Gasteiger partial charge in [-0.25, -0.2) is 13.2 Å². The fourth-order valence-electron chi connectivity index (χ4n) is 2.48. The van der Waals surface area contributed by atoms with Crippen LogP contribution in [0.1, 0.15) is 36.5 Å². The number of aromatic carboxylic acids is 1. The van der Waals surface area contributed by atoms with Gasteiger partial charge in [-0.1, -0.05) is 6.42 Å². The highest BCUT2D eigenvalue weighted by Gasteiger charge is 2.33. The molecule has 6 nitrogen and oxygen atoms in total. The first kappa shape index (κ1) is 14.8. The highest BCUT2D eigenvalue weighted by molar-refractivity contribution is 7.89. The topological polar surface area (TPSA) is 101 Å². The number of piperidine rings is 1. The molecule has 1 atom stereocenters. The second kappa shape index (κ2) is 5.41. The molecule has 7 heteroatoms. The summed E-state index contributed by atoms with van der Waals surface area (Å²) in [6.07, 6.45) is 2.55. The van der Waals surface area contributed by atoms with E-state index in [9.17, 15) is 13.2 Å². The van der Waals surface area contributed by atoms with Crippen molar-refractivity contribution in [3.8, 4) is 0 Å². The summed E-state index contributed by atoms with van der Waals surface area (Å²) in [4.78, 5) is 11.0. The largest absolute Gasteiger partial charge is 0.478 e. The fraction of sp³-hybridized carbons (Fsp3) is 0.462. The summed E-state index contributed by atoms with van der Waals surface area (Å²) < 4.78 is 26.7. The number of nitrogen functional groups attached to an aromatic ring is 1. The van der Waals surface area contributed by atoms with E-state index >= 15 is 0 Å². The van der Waals surface area contributed by atoms with Crippen molar-refractivity contribution in [2.24, 2.45) is 0 Å². The van der Waals surface area contributed by atoms with E-state index in [0.717, 1.165) is 19.3 Å². The van der Waals surface area contributed by atoms with Gasteiger partial charge in [0.05, 0.1) is 10.5 Å². The smallest absolute Gasteiger partial charge is 0.337 e. The summed E-state index contributed by atoms with van der Waals surface area (Å²) in [5.41, 5.74) is 5.61. The van der Waals surface area contributed by atoms with Crippen LogP contribution < -0.4 is 5.73 Å². The molecule has 0 aliphatic carbocycles. The predicted molar refractivity (Wildman–Crippen MR) is 75.0 cm³/mol. The molecule has 1 heterocycles. The second-order valence-electron chi connectivity index (χ2n) is 5.02. The van der Waals surface area contributed by atoms with Gasteiger partial charge in [-0.2, -0.15) is 4.31 Å². The van der Waals surface area contributed by atoms with Crippen LogP contribution in [0.15, 0.2) is 23.1 Å². The minimum absolute atomic E-state index is 0.128. The second-order valence-corrected chi connectivity index (χ2v) is 6.88. The Hall–Kier alpha value is -1.60. The molecule has 1 unspecified atom stereocenters. The zero-order valence-corrected chi connectivity index (χ0v) is 12.1. The molecule has 0 saturated carbocycles. The van der Waals surface area contributed by atoms with E-state index in [-0.39, 0.29) is 22.2 Å². The van der Waals surface area contributed by atoms with Gasteiger partial charge in [0.1, 0.15) is 0 Å². The maximum absolute atomic E-state index is 12.7. The van der Waals surface area contributed by atoms with Crippen LogP contribution in [0.25, 0.3) is 0 Å². The number of nitrogens with zero attached hydrogens (tertiary/aromatic N) is 1. The fourth-order valence-corrected chi connectivity index (χ4v) is 4.40. The van der Waals surface area contributed by atoms with Crippen molar-refractivity contribution in [2.45, 2.75) is 37.1 Å². The summed E-state index contributed by atoms with van der Waals surface area (Å²) in [6.45, 7) is 2.25. The first-order chi connectivity index (χ1) is 9.34. The standard InChI is InChI=1S/C13H18N2O4S/c1-9-4-2-3-7-15(9)20(18,19)12-8-10(14)5-6-11(12)13(16)17/h5-6,8-9H,2-4,7,14H2,1H3,(H,16,17). The molecule has 0 aromatic heterocycles. The van der Waals surface area contributed by atoms with Gasteiger partial charge in [-0.3, -0.25) is 0 Å². The van der Waals surface area contributed by atoms with Gasteiger partial charge in [0.25, 0.3) is 0 Å². The lowest BCUT2D eigenvalue weighted by Gasteiger charge is -2.32.